The Kier molecular flexibility index (Phi) is 6.92. The van der Waals surface area contributed by atoms with E-state index in [9.17, 15) is 0 Å². The summed E-state index contributed by atoms with van der Waals surface area (Å²) in [4.78, 5) is 4.40. The van der Waals surface area contributed by atoms with E-state index in [1.54, 1.807) is 6.20 Å². The van der Waals surface area contributed by atoms with E-state index in [0.717, 1.165) is 0 Å². The second-order valence-electron chi connectivity index (χ2n) is 10.2. The summed E-state index contributed by atoms with van der Waals surface area (Å²) >= 11 is 0. The molecular formula is C23H38BFN4O. The molecule has 30 heavy (non-hydrogen) atoms. The summed E-state index contributed by atoms with van der Waals surface area (Å²) in [5, 5.41) is 15.2. The van der Waals surface area contributed by atoms with E-state index in [-0.39, 0.29) is 24.5 Å². The number of halogens is 1. The molecule has 0 atom stereocenters. The van der Waals surface area contributed by atoms with E-state index in [2.05, 4.69) is 43.3 Å². The second-order valence-corrected chi connectivity index (χ2v) is 10.2. The minimum Gasteiger partial charge on any atom is -0.424 e. The Morgan fingerprint density at radius 3 is 2.60 bits per heavy atom. The van der Waals surface area contributed by atoms with Gasteiger partial charge in [0.25, 0.3) is 0 Å². The molecule has 1 aliphatic carbocycles. The van der Waals surface area contributed by atoms with Gasteiger partial charge >= 0.3 is 6.92 Å². The first-order valence-corrected chi connectivity index (χ1v) is 11.4. The zero-order chi connectivity index (χ0) is 22.0. The number of hydrogen-bond donors (Lipinski definition) is 3. The van der Waals surface area contributed by atoms with Crippen molar-refractivity contribution in [3.8, 4) is 0 Å². The van der Waals surface area contributed by atoms with Crippen molar-refractivity contribution in [2.24, 2.45) is 11.3 Å². The van der Waals surface area contributed by atoms with Crippen LogP contribution >= 0.6 is 0 Å². The quantitative estimate of drug-likeness (QED) is 0.402. The van der Waals surface area contributed by atoms with Gasteiger partial charge in [-0.1, -0.05) is 27.1 Å². The predicted molar refractivity (Wildman–Crippen MR) is 123 cm³/mol. The third-order valence-electron chi connectivity index (χ3n) is 7.73. The highest BCUT2D eigenvalue weighted by Gasteiger charge is 2.47. The lowest BCUT2D eigenvalue weighted by Crippen LogP contribution is -2.52. The molecule has 2 aliphatic rings. The Bertz CT molecular complexity index is 744. The highest BCUT2D eigenvalue weighted by atomic mass is 19.1. The van der Waals surface area contributed by atoms with Crippen LogP contribution in [0.1, 0.15) is 65.4 Å². The molecule has 3 N–H and O–H groups in total. The van der Waals surface area contributed by atoms with Crippen molar-refractivity contribution in [3.05, 3.63) is 23.9 Å². The maximum atomic E-state index is 15.0. The third kappa shape index (κ3) is 4.88. The van der Waals surface area contributed by atoms with Crippen LogP contribution in [-0.4, -0.2) is 48.4 Å². The lowest BCUT2D eigenvalue weighted by molar-refractivity contribution is -0.0703. The molecular weight excluding hydrogens is 378 g/mol. The first-order chi connectivity index (χ1) is 14.1. The standard InChI is InChI=1S/C23H38BFN4O/c1-21(2,17-8-6-9-17)22(3,4)30-24(5)19(26)18-10-7-13-28-20(18)29-16-23(25)11-14-27-15-12-23/h7,10,13,17,26-27H,6,8-9,11-12,14-16H2,1-5H3,(H,28,29). The predicted octanol–water partition coefficient (Wildman–Crippen LogP) is 4.74. The zero-order valence-electron chi connectivity index (χ0n) is 19.3. The number of alkyl halides is 1. The molecule has 166 valence electrons. The van der Waals surface area contributed by atoms with Gasteiger partial charge in [0.1, 0.15) is 11.5 Å². The van der Waals surface area contributed by atoms with Crippen LogP contribution in [0.4, 0.5) is 10.2 Å². The number of pyridine rings is 1. The maximum absolute atomic E-state index is 15.0. The topological polar surface area (TPSA) is 70.0 Å². The fourth-order valence-corrected chi connectivity index (χ4v) is 4.55. The molecule has 1 saturated heterocycles. The molecule has 3 rings (SSSR count). The zero-order valence-corrected chi connectivity index (χ0v) is 19.3. The van der Waals surface area contributed by atoms with Crippen LogP contribution in [-0.2, 0) is 4.65 Å². The molecule has 1 aromatic rings. The maximum Gasteiger partial charge on any atom is 0.343 e. The van der Waals surface area contributed by atoms with Crippen molar-refractivity contribution in [2.45, 2.75) is 77.9 Å². The molecule has 0 unspecified atom stereocenters. The van der Waals surface area contributed by atoms with Crippen LogP contribution < -0.4 is 10.6 Å². The Hall–Kier alpha value is -1.47. The van der Waals surface area contributed by atoms with Crippen LogP contribution in [0.2, 0.25) is 6.82 Å². The summed E-state index contributed by atoms with van der Waals surface area (Å²) in [6.07, 6.45) is 6.46. The molecule has 0 bridgehead atoms. The fraction of sp³-hybridized carbons (Fsp3) is 0.739. The number of nitrogens with zero attached hydrogens (tertiary/aromatic N) is 1. The van der Waals surface area contributed by atoms with Crippen molar-refractivity contribution in [1.29, 1.82) is 5.41 Å². The first-order valence-electron chi connectivity index (χ1n) is 11.4. The number of anilines is 1. The van der Waals surface area contributed by atoms with Gasteiger partial charge in [-0.05, 0) is 76.1 Å². The summed E-state index contributed by atoms with van der Waals surface area (Å²) in [6.45, 7) is 12.0. The summed E-state index contributed by atoms with van der Waals surface area (Å²) in [5.41, 5.74) is -0.511. The van der Waals surface area contributed by atoms with E-state index in [1.807, 2.05) is 19.0 Å². The van der Waals surface area contributed by atoms with Crippen LogP contribution in [0.15, 0.2) is 18.3 Å². The van der Waals surface area contributed by atoms with E-state index in [0.29, 0.717) is 48.8 Å². The summed E-state index contributed by atoms with van der Waals surface area (Å²) in [7, 11) is 0. The first kappa shape index (κ1) is 23.2. The summed E-state index contributed by atoms with van der Waals surface area (Å²) in [5.74, 6) is 1.22. The number of rotatable bonds is 9. The SMILES string of the molecule is CB(OC(C)(C)C(C)(C)C1CCC1)C(=N)c1cccnc1NCC1(F)CCNCC1. The molecule has 0 amide bonds. The fourth-order valence-electron chi connectivity index (χ4n) is 4.55. The van der Waals surface area contributed by atoms with Gasteiger partial charge in [-0.25, -0.2) is 9.37 Å². The van der Waals surface area contributed by atoms with Gasteiger partial charge in [-0.15, -0.1) is 0 Å². The summed E-state index contributed by atoms with van der Waals surface area (Å²) in [6, 6.07) is 3.69. The molecule has 2 fully saturated rings. The normalized spacial score (nSPS) is 19.8. The molecule has 0 aromatic carbocycles. The highest BCUT2D eigenvalue weighted by Crippen LogP contribution is 2.49. The van der Waals surface area contributed by atoms with Gasteiger partial charge in [0.2, 0.25) is 0 Å². The Balaban J connectivity index is 1.68. The third-order valence-corrected chi connectivity index (χ3v) is 7.73. The molecule has 1 saturated carbocycles. The van der Waals surface area contributed by atoms with Crippen molar-refractivity contribution < 1.29 is 9.04 Å². The summed E-state index contributed by atoms with van der Waals surface area (Å²) < 4.78 is 21.5. The van der Waals surface area contributed by atoms with E-state index in [1.165, 1.54) is 19.3 Å². The monoisotopic (exact) mass is 416 g/mol. The lowest BCUT2D eigenvalue weighted by atomic mass is 9.57. The van der Waals surface area contributed by atoms with Gasteiger partial charge in [-0.2, -0.15) is 0 Å². The van der Waals surface area contributed by atoms with E-state index in [4.69, 9.17) is 10.1 Å². The van der Waals surface area contributed by atoms with Crippen molar-refractivity contribution >= 4 is 18.3 Å². The number of aromatic nitrogens is 1. The largest absolute Gasteiger partial charge is 0.424 e. The van der Waals surface area contributed by atoms with Crippen LogP contribution in [0.3, 0.4) is 0 Å². The van der Waals surface area contributed by atoms with Crippen molar-refractivity contribution in [2.75, 3.05) is 25.0 Å². The Morgan fingerprint density at radius 2 is 2.00 bits per heavy atom. The minimum absolute atomic E-state index is 0.0332. The minimum atomic E-state index is -1.24. The van der Waals surface area contributed by atoms with Gasteiger partial charge in [0.15, 0.2) is 0 Å². The number of piperidine rings is 1. The van der Waals surface area contributed by atoms with Gasteiger partial charge in [0.05, 0.1) is 12.1 Å². The van der Waals surface area contributed by atoms with Crippen molar-refractivity contribution in [3.63, 3.8) is 0 Å². The van der Waals surface area contributed by atoms with Gasteiger partial charge < -0.3 is 20.7 Å². The molecule has 5 nitrogen and oxygen atoms in total. The average molecular weight is 416 g/mol. The van der Waals surface area contributed by atoms with Gasteiger partial charge in [0, 0.05) is 17.4 Å². The Labute approximate surface area is 181 Å². The molecule has 1 aliphatic heterocycles. The van der Waals surface area contributed by atoms with Crippen LogP contribution in [0.5, 0.6) is 0 Å². The number of nitrogens with one attached hydrogen (secondary N) is 3. The molecule has 0 spiro atoms. The van der Waals surface area contributed by atoms with Gasteiger partial charge in [-0.3, -0.25) is 0 Å². The molecule has 1 aromatic heterocycles. The lowest BCUT2D eigenvalue weighted by Gasteiger charge is -2.51. The van der Waals surface area contributed by atoms with E-state index >= 15 is 4.39 Å². The number of hydrogen-bond acceptors (Lipinski definition) is 5. The molecule has 2 heterocycles. The van der Waals surface area contributed by atoms with Crippen LogP contribution in [0.25, 0.3) is 0 Å². The second kappa shape index (κ2) is 8.95. The van der Waals surface area contributed by atoms with Crippen molar-refractivity contribution in [1.82, 2.24) is 10.3 Å². The molecule has 0 radical (unpaired) electrons. The highest BCUT2D eigenvalue weighted by molar-refractivity contribution is 6.88. The smallest absolute Gasteiger partial charge is 0.343 e. The Morgan fingerprint density at radius 1 is 1.33 bits per heavy atom. The van der Waals surface area contributed by atoms with Crippen LogP contribution in [0, 0.1) is 16.7 Å². The average Bonchev–Trinajstić information content (AvgIpc) is 2.64. The molecule has 7 heteroatoms. The van der Waals surface area contributed by atoms with E-state index < -0.39 is 5.67 Å².